The molecule has 0 bridgehead atoms. The van der Waals surface area contributed by atoms with Gasteiger partial charge in [0.1, 0.15) is 0 Å². The number of nitrogens with zero attached hydrogens (tertiary/aromatic N) is 2. The highest BCUT2D eigenvalue weighted by molar-refractivity contribution is 7.92. The van der Waals surface area contributed by atoms with E-state index in [1.165, 1.54) is 4.31 Å². The van der Waals surface area contributed by atoms with Crippen molar-refractivity contribution >= 4 is 15.7 Å². The molecule has 0 saturated carbocycles. The Morgan fingerprint density at radius 3 is 2.16 bits per heavy atom. The van der Waals surface area contributed by atoms with Crippen LogP contribution < -0.4 is 4.31 Å². The number of sulfonamides is 1. The van der Waals surface area contributed by atoms with E-state index in [-0.39, 0.29) is 0 Å². The van der Waals surface area contributed by atoms with Crippen LogP contribution in [0.1, 0.15) is 11.1 Å². The summed E-state index contributed by atoms with van der Waals surface area (Å²) in [6, 6.07) is 14.8. The van der Waals surface area contributed by atoms with Crippen LogP contribution in [0.5, 0.6) is 0 Å². The van der Waals surface area contributed by atoms with Crippen LogP contribution in [-0.4, -0.2) is 20.0 Å². The number of benzene rings is 2. The molecule has 3 aromatic rings. The third kappa shape index (κ3) is 3.46. The highest BCUT2D eigenvalue weighted by Crippen LogP contribution is 2.29. The fourth-order valence-electron chi connectivity index (χ4n) is 2.79. The molecule has 2 aromatic carbocycles. The first-order valence-corrected chi connectivity index (χ1v) is 9.51. The van der Waals surface area contributed by atoms with Gasteiger partial charge >= 0.3 is 0 Å². The van der Waals surface area contributed by atoms with Crippen molar-refractivity contribution in [3.63, 3.8) is 0 Å². The molecule has 0 spiro atoms. The van der Waals surface area contributed by atoms with E-state index in [0.29, 0.717) is 10.6 Å². The van der Waals surface area contributed by atoms with Gasteiger partial charge in [0.25, 0.3) is 10.0 Å². The van der Waals surface area contributed by atoms with Crippen molar-refractivity contribution in [1.29, 1.82) is 0 Å². The number of anilines is 1. The molecule has 130 valence electrons. The fourth-order valence-corrected chi connectivity index (χ4v) is 3.97. The smallest absolute Gasteiger partial charge is 0.264 e. The average molecular weight is 354 g/mol. The molecular formula is C20H22N2O2S. The second kappa shape index (κ2) is 6.41. The van der Waals surface area contributed by atoms with Gasteiger partial charge in [0.2, 0.25) is 0 Å². The summed E-state index contributed by atoms with van der Waals surface area (Å²) in [5, 5.41) is 0. The quantitative estimate of drug-likeness (QED) is 0.707. The van der Waals surface area contributed by atoms with Crippen molar-refractivity contribution in [2.24, 2.45) is 7.05 Å². The van der Waals surface area contributed by atoms with Crippen LogP contribution in [0, 0.1) is 13.8 Å². The van der Waals surface area contributed by atoms with Crippen molar-refractivity contribution in [3.8, 4) is 11.1 Å². The van der Waals surface area contributed by atoms with Crippen LogP contribution in [0.3, 0.4) is 0 Å². The Kier molecular flexibility index (Phi) is 4.43. The molecule has 0 atom stereocenters. The maximum Gasteiger partial charge on any atom is 0.264 e. The molecule has 1 heterocycles. The zero-order valence-electron chi connectivity index (χ0n) is 14.9. The molecule has 0 radical (unpaired) electrons. The summed E-state index contributed by atoms with van der Waals surface area (Å²) in [5.74, 6) is 0. The maximum absolute atomic E-state index is 12.9. The summed E-state index contributed by atoms with van der Waals surface area (Å²) in [7, 11) is -0.0287. The Bertz CT molecular complexity index is 1000. The van der Waals surface area contributed by atoms with Crippen molar-refractivity contribution in [1.82, 2.24) is 4.57 Å². The van der Waals surface area contributed by atoms with E-state index < -0.39 is 10.0 Å². The number of hydrogen-bond donors (Lipinski definition) is 0. The average Bonchev–Trinajstić information content (AvgIpc) is 3.00. The predicted molar refractivity (Wildman–Crippen MR) is 102 cm³/mol. The third-order valence-corrected chi connectivity index (χ3v) is 6.07. The molecule has 1 aromatic heterocycles. The molecule has 0 aliphatic rings. The molecule has 0 unspecified atom stereocenters. The molecule has 4 nitrogen and oxygen atoms in total. The van der Waals surface area contributed by atoms with Gasteiger partial charge in [-0.15, -0.1) is 0 Å². The van der Waals surface area contributed by atoms with Crippen LogP contribution in [0.4, 0.5) is 5.69 Å². The van der Waals surface area contributed by atoms with E-state index in [0.717, 1.165) is 22.3 Å². The van der Waals surface area contributed by atoms with Gasteiger partial charge in [0.15, 0.2) is 0 Å². The molecule has 0 fully saturated rings. The minimum absolute atomic E-state index is 0.295. The van der Waals surface area contributed by atoms with Crippen LogP contribution in [-0.2, 0) is 17.1 Å². The Morgan fingerprint density at radius 2 is 1.56 bits per heavy atom. The number of hydrogen-bond acceptors (Lipinski definition) is 2. The van der Waals surface area contributed by atoms with Gasteiger partial charge in [0.05, 0.1) is 10.6 Å². The van der Waals surface area contributed by atoms with E-state index in [2.05, 4.69) is 6.07 Å². The second-order valence-corrected chi connectivity index (χ2v) is 8.38. The van der Waals surface area contributed by atoms with Crippen LogP contribution in [0.2, 0.25) is 0 Å². The maximum atomic E-state index is 12.9. The second-order valence-electron chi connectivity index (χ2n) is 6.41. The monoisotopic (exact) mass is 354 g/mol. The van der Waals surface area contributed by atoms with Gasteiger partial charge < -0.3 is 4.57 Å². The first kappa shape index (κ1) is 17.3. The number of aryl methyl sites for hydroxylation is 3. The molecule has 0 saturated heterocycles. The lowest BCUT2D eigenvalue weighted by molar-refractivity contribution is 0.594. The van der Waals surface area contributed by atoms with Gasteiger partial charge in [-0.2, -0.15) is 0 Å². The van der Waals surface area contributed by atoms with Gasteiger partial charge in [-0.1, -0.05) is 23.8 Å². The Balaban J connectivity index is 2.03. The Hall–Kier alpha value is -2.53. The van der Waals surface area contributed by atoms with E-state index in [1.807, 2.05) is 68.2 Å². The van der Waals surface area contributed by atoms with Crippen LogP contribution in [0.15, 0.2) is 65.8 Å². The Morgan fingerprint density at radius 1 is 0.880 bits per heavy atom. The highest BCUT2D eigenvalue weighted by atomic mass is 32.2. The molecule has 0 aliphatic heterocycles. The molecular weight excluding hydrogens is 332 g/mol. The van der Waals surface area contributed by atoms with Crippen molar-refractivity contribution in [3.05, 3.63) is 72.1 Å². The zero-order chi connectivity index (χ0) is 18.2. The van der Waals surface area contributed by atoms with Gasteiger partial charge in [0, 0.05) is 26.5 Å². The minimum atomic E-state index is -3.59. The summed E-state index contributed by atoms with van der Waals surface area (Å²) >= 11 is 0. The molecule has 25 heavy (non-hydrogen) atoms. The summed E-state index contributed by atoms with van der Waals surface area (Å²) in [5.41, 5.74) is 4.76. The lowest BCUT2D eigenvalue weighted by Crippen LogP contribution is -2.26. The van der Waals surface area contributed by atoms with E-state index in [1.54, 1.807) is 19.2 Å². The summed E-state index contributed by atoms with van der Waals surface area (Å²) in [6.45, 7) is 3.91. The lowest BCUT2D eigenvalue weighted by Gasteiger charge is -2.21. The third-order valence-electron chi connectivity index (χ3n) is 4.27. The topological polar surface area (TPSA) is 42.3 Å². The molecule has 0 amide bonds. The summed E-state index contributed by atoms with van der Waals surface area (Å²) < 4.78 is 29.2. The lowest BCUT2D eigenvalue weighted by atomic mass is 10.1. The molecule has 0 aliphatic carbocycles. The van der Waals surface area contributed by atoms with Gasteiger partial charge in [-0.3, -0.25) is 4.31 Å². The minimum Gasteiger partial charge on any atom is -0.357 e. The molecule has 3 rings (SSSR count). The van der Waals surface area contributed by atoms with Crippen molar-refractivity contribution < 1.29 is 8.42 Å². The number of rotatable bonds is 4. The Labute approximate surface area is 149 Å². The predicted octanol–water partition coefficient (Wildman–Crippen LogP) is 4.13. The summed E-state index contributed by atoms with van der Waals surface area (Å²) in [4.78, 5) is 0.295. The van der Waals surface area contributed by atoms with Crippen LogP contribution >= 0.6 is 0 Å². The van der Waals surface area contributed by atoms with Gasteiger partial charge in [-0.25, -0.2) is 8.42 Å². The fraction of sp³-hybridized carbons (Fsp3) is 0.200. The zero-order valence-corrected chi connectivity index (χ0v) is 15.7. The van der Waals surface area contributed by atoms with E-state index in [9.17, 15) is 8.42 Å². The first-order chi connectivity index (χ1) is 11.8. The summed E-state index contributed by atoms with van der Waals surface area (Å²) in [6.07, 6.45) is 4.00. The van der Waals surface area contributed by atoms with E-state index in [4.69, 9.17) is 0 Å². The standard InChI is InChI=1S/C20H22N2O2S/c1-15-5-7-20(8-6-15)25(23,24)22(4)19-12-16(2)11-18(13-19)17-9-10-21(3)14-17/h5-14H,1-4H3. The number of aromatic nitrogens is 1. The van der Waals surface area contributed by atoms with Crippen molar-refractivity contribution in [2.75, 3.05) is 11.4 Å². The van der Waals surface area contributed by atoms with Crippen molar-refractivity contribution in [2.45, 2.75) is 18.7 Å². The molecule has 0 N–H and O–H groups in total. The van der Waals surface area contributed by atoms with Crippen LogP contribution in [0.25, 0.3) is 11.1 Å². The largest absolute Gasteiger partial charge is 0.357 e. The van der Waals surface area contributed by atoms with E-state index >= 15 is 0 Å². The molecule has 5 heteroatoms. The normalized spacial score (nSPS) is 11.5. The first-order valence-electron chi connectivity index (χ1n) is 8.07. The SMILES string of the molecule is Cc1ccc(S(=O)(=O)N(C)c2cc(C)cc(-c3ccn(C)c3)c2)cc1. The van der Waals surface area contributed by atoms with Gasteiger partial charge in [-0.05, 0) is 60.9 Å². The highest BCUT2D eigenvalue weighted by Gasteiger charge is 2.21.